The highest BCUT2D eigenvalue weighted by atomic mass is 32.2. The van der Waals surface area contributed by atoms with Crippen molar-refractivity contribution in [1.82, 2.24) is 15.4 Å². The largest absolute Gasteiger partial charge is 0.392 e. The highest BCUT2D eigenvalue weighted by molar-refractivity contribution is 7.89. The average molecular weight is 251 g/mol. The Bertz CT molecular complexity index is 343. The Kier molecular flexibility index (Phi) is 4.66. The molecule has 0 bridgehead atoms. The molecule has 0 aromatic heterocycles. The van der Waals surface area contributed by atoms with E-state index < -0.39 is 22.2 Å². The summed E-state index contributed by atoms with van der Waals surface area (Å²) >= 11 is 0. The van der Waals surface area contributed by atoms with Crippen LogP contribution in [0.25, 0.3) is 0 Å². The van der Waals surface area contributed by atoms with Crippen LogP contribution >= 0.6 is 0 Å². The number of nitrogens with one attached hydrogen (secondary N) is 3. The van der Waals surface area contributed by atoms with Gasteiger partial charge in [-0.25, -0.2) is 13.1 Å². The van der Waals surface area contributed by atoms with Gasteiger partial charge in [0.1, 0.15) is 0 Å². The Labute approximate surface area is 94.7 Å². The van der Waals surface area contributed by atoms with Crippen LogP contribution in [0.1, 0.15) is 6.42 Å². The lowest BCUT2D eigenvalue weighted by atomic mass is 10.2. The van der Waals surface area contributed by atoms with Crippen LogP contribution in [0, 0.1) is 0 Å². The van der Waals surface area contributed by atoms with Crippen molar-refractivity contribution in [3.8, 4) is 0 Å². The summed E-state index contributed by atoms with van der Waals surface area (Å²) in [5, 5.41) is 14.5. The summed E-state index contributed by atoms with van der Waals surface area (Å²) in [6.45, 7) is 0.461. The van der Waals surface area contributed by atoms with Gasteiger partial charge in [-0.05, 0) is 13.5 Å². The van der Waals surface area contributed by atoms with E-state index in [1.54, 1.807) is 0 Å². The fraction of sp³-hybridized carbons (Fsp3) is 0.875. The number of β-amino-alcohol motifs (C(OH)–C–C–N with tert-alkyl or cyclic N) is 1. The number of hydrogen-bond donors (Lipinski definition) is 4. The molecule has 1 aliphatic rings. The lowest BCUT2D eigenvalue weighted by Crippen LogP contribution is -2.42. The van der Waals surface area contributed by atoms with Gasteiger partial charge in [0, 0.05) is 13.1 Å². The number of hydrogen-bond acceptors (Lipinski definition) is 5. The summed E-state index contributed by atoms with van der Waals surface area (Å²) < 4.78 is 24.2. The van der Waals surface area contributed by atoms with Gasteiger partial charge in [0.25, 0.3) is 0 Å². The highest BCUT2D eigenvalue weighted by Gasteiger charge is 2.27. The van der Waals surface area contributed by atoms with E-state index in [4.69, 9.17) is 0 Å². The quantitative estimate of drug-likeness (QED) is 0.428. The van der Waals surface area contributed by atoms with Crippen molar-refractivity contribution in [3.05, 3.63) is 0 Å². The lowest BCUT2D eigenvalue weighted by molar-refractivity contribution is -0.122. The second-order valence-corrected chi connectivity index (χ2v) is 5.71. The van der Waals surface area contributed by atoms with Gasteiger partial charge in [0.15, 0.2) is 0 Å². The Morgan fingerprint density at radius 2 is 2.25 bits per heavy atom. The third-order valence-electron chi connectivity index (χ3n) is 2.41. The molecule has 94 valence electrons. The van der Waals surface area contributed by atoms with Gasteiger partial charge in [0.2, 0.25) is 15.9 Å². The number of rotatable bonds is 5. The maximum Gasteiger partial charge on any atom is 0.237 e. The second kappa shape index (κ2) is 5.58. The first-order chi connectivity index (χ1) is 7.44. The van der Waals surface area contributed by atoms with E-state index in [0.717, 1.165) is 0 Å². The summed E-state index contributed by atoms with van der Waals surface area (Å²) in [6.07, 6.45) is -0.137. The minimum Gasteiger partial charge on any atom is -0.392 e. The van der Waals surface area contributed by atoms with E-state index in [-0.39, 0.29) is 18.2 Å². The number of carbonyl (C=O) groups is 1. The molecule has 2 unspecified atom stereocenters. The molecule has 1 saturated heterocycles. The molecule has 4 N–H and O–H groups in total. The van der Waals surface area contributed by atoms with E-state index in [2.05, 4.69) is 15.4 Å². The molecule has 1 fully saturated rings. The topological polar surface area (TPSA) is 108 Å². The van der Waals surface area contributed by atoms with Crippen LogP contribution in [0.3, 0.4) is 0 Å². The Morgan fingerprint density at radius 3 is 2.75 bits per heavy atom. The number of aliphatic hydroxyl groups is 1. The van der Waals surface area contributed by atoms with Crippen molar-refractivity contribution in [3.63, 3.8) is 0 Å². The fourth-order valence-electron chi connectivity index (χ4n) is 1.45. The van der Waals surface area contributed by atoms with Crippen LogP contribution in [0.15, 0.2) is 0 Å². The van der Waals surface area contributed by atoms with Crippen molar-refractivity contribution >= 4 is 15.9 Å². The van der Waals surface area contributed by atoms with Crippen LogP contribution < -0.4 is 15.4 Å². The number of sulfonamides is 1. The molecule has 2 atom stereocenters. The standard InChI is InChI=1S/C8H17N3O4S/c1-9-16(14,15)3-2-10-8(13)7-4-6(12)5-11-7/h6-7,9,11-12H,2-5H2,1H3,(H,10,13). The van der Waals surface area contributed by atoms with Crippen molar-refractivity contribution < 1.29 is 18.3 Å². The van der Waals surface area contributed by atoms with Gasteiger partial charge in [-0.3, -0.25) is 4.79 Å². The maximum absolute atomic E-state index is 11.5. The van der Waals surface area contributed by atoms with Crippen LogP contribution in [0.4, 0.5) is 0 Å². The number of amides is 1. The smallest absolute Gasteiger partial charge is 0.237 e. The summed E-state index contributed by atoms with van der Waals surface area (Å²) in [6, 6.07) is -0.424. The molecular weight excluding hydrogens is 234 g/mol. The predicted molar refractivity (Wildman–Crippen MR) is 58.3 cm³/mol. The molecule has 7 nitrogen and oxygen atoms in total. The van der Waals surface area contributed by atoms with Crippen LogP contribution in [0.5, 0.6) is 0 Å². The molecule has 0 spiro atoms. The minimum atomic E-state index is -3.28. The summed E-state index contributed by atoms with van der Waals surface area (Å²) in [7, 11) is -1.96. The zero-order chi connectivity index (χ0) is 12.2. The summed E-state index contributed by atoms with van der Waals surface area (Å²) in [5.74, 6) is -0.423. The first-order valence-electron chi connectivity index (χ1n) is 5.05. The number of aliphatic hydroxyl groups excluding tert-OH is 1. The SMILES string of the molecule is CNS(=O)(=O)CCNC(=O)C1CC(O)CN1. The predicted octanol–water partition coefficient (Wildman–Crippen LogP) is -2.63. The maximum atomic E-state index is 11.5. The third-order valence-corrected chi connectivity index (χ3v) is 3.77. The second-order valence-electron chi connectivity index (χ2n) is 3.66. The summed E-state index contributed by atoms with van der Waals surface area (Å²) in [4.78, 5) is 11.5. The monoisotopic (exact) mass is 251 g/mol. The molecule has 16 heavy (non-hydrogen) atoms. The normalized spacial score (nSPS) is 25.6. The first kappa shape index (κ1) is 13.4. The van der Waals surface area contributed by atoms with Crippen LogP contribution in [-0.4, -0.2) is 57.5 Å². The molecule has 0 aliphatic carbocycles. The average Bonchev–Trinajstić information content (AvgIpc) is 2.64. The Balaban J connectivity index is 2.26. The van der Waals surface area contributed by atoms with Crippen molar-refractivity contribution in [2.24, 2.45) is 0 Å². The molecule has 0 aromatic rings. The van der Waals surface area contributed by atoms with E-state index in [9.17, 15) is 18.3 Å². The van der Waals surface area contributed by atoms with Gasteiger partial charge in [-0.1, -0.05) is 0 Å². The van der Waals surface area contributed by atoms with Crippen LogP contribution in [0.2, 0.25) is 0 Å². The third kappa shape index (κ3) is 4.05. The molecule has 1 rings (SSSR count). The minimum absolute atomic E-state index is 0.0658. The highest BCUT2D eigenvalue weighted by Crippen LogP contribution is 2.05. The molecule has 1 heterocycles. The molecule has 1 amide bonds. The molecule has 8 heteroatoms. The fourth-order valence-corrected chi connectivity index (χ4v) is 2.03. The van der Waals surface area contributed by atoms with E-state index in [1.165, 1.54) is 7.05 Å². The van der Waals surface area contributed by atoms with Gasteiger partial charge in [0.05, 0.1) is 17.9 Å². The van der Waals surface area contributed by atoms with Crippen molar-refractivity contribution in [2.75, 3.05) is 25.9 Å². The van der Waals surface area contributed by atoms with Crippen molar-refractivity contribution in [1.29, 1.82) is 0 Å². The molecular formula is C8H17N3O4S. The van der Waals surface area contributed by atoms with Gasteiger partial charge in [-0.2, -0.15) is 0 Å². The molecule has 0 radical (unpaired) electrons. The zero-order valence-corrected chi connectivity index (χ0v) is 9.88. The van der Waals surface area contributed by atoms with Gasteiger partial charge in [-0.15, -0.1) is 0 Å². The molecule has 1 aliphatic heterocycles. The number of carbonyl (C=O) groups excluding carboxylic acids is 1. The summed E-state index contributed by atoms with van der Waals surface area (Å²) in [5.41, 5.74) is 0. The molecule has 0 saturated carbocycles. The zero-order valence-electron chi connectivity index (χ0n) is 9.06. The van der Waals surface area contributed by atoms with Gasteiger partial charge >= 0.3 is 0 Å². The van der Waals surface area contributed by atoms with Crippen molar-refractivity contribution in [2.45, 2.75) is 18.6 Å². The van der Waals surface area contributed by atoms with E-state index in [1.807, 2.05) is 0 Å². The van der Waals surface area contributed by atoms with Gasteiger partial charge < -0.3 is 15.7 Å². The molecule has 0 aromatic carbocycles. The lowest BCUT2D eigenvalue weighted by Gasteiger charge is -2.10. The Hall–Kier alpha value is -0.700. The van der Waals surface area contributed by atoms with Crippen LogP contribution in [-0.2, 0) is 14.8 Å². The van der Waals surface area contributed by atoms with E-state index in [0.29, 0.717) is 13.0 Å². The Morgan fingerprint density at radius 1 is 1.56 bits per heavy atom. The first-order valence-corrected chi connectivity index (χ1v) is 6.70. The van der Waals surface area contributed by atoms with E-state index >= 15 is 0 Å².